The van der Waals surface area contributed by atoms with E-state index in [9.17, 15) is 0 Å². The van der Waals surface area contributed by atoms with E-state index in [2.05, 4.69) is 15.3 Å². The number of aromatic nitrogens is 2. The molecule has 0 saturated carbocycles. The van der Waals surface area contributed by atoms with Gasteiger partial charge in [-0.15, -0.1) is 11.6 Å². The Labute approximate surface area is 93.1 Å². The number of hydrogen-bond donors (Lipinski definition) is 1. The summed E-state index contributed by atoms with van der Waals surface area (Å²) in [6.45, 7) is 0. The normalized spacial score (nSPS) is 9.93. The maximum atomic E-state index is 5.75. The van der Waals surface area contributed by atoms with Gasteiger partial charge in [0.25, 0.3) is 0 Å². The van der Waals surface area contributed by atoms with Crippen molar-refractivity contribution in [3.8, 4) is 0 Å². The molecule has 0 aliphatic carbocycles. The number of benzene rings is 1. The molecule has 0 atom stereocenters. The molecule has 0 spiro atoms. The van der Waals surface area contributed by atoms with Gasteiger partial charge in [0.15, 0.2) is 0 Å². The quantitative estimate of drug-likeness (QED) is 0.807. The van der Waals surface area contributed by atoms with Crippen molar-refractivity contribution in [1.29, 1.82) is 0 Å². The zero-order chi connectivity index (χ0) is 10.5. The van der Waals surface area contributed by atoms with Crippen LogP contribution in [0.25, 0.3) is 0 Å². The molecule has 2 rings (SSSR count). The lowest BCUT2D eigenvalue weighted by Gasteiger charge is -2.05. The summed E-state index contributed by atoms with van der Waals surface area (Å²) in [4.78, 5) is 8.10. The molecule has 76 valence electrons. The van der Waals surface area contributed by atoms with Gasteiger partial charge in [0.05, 0.1) is 6.20 Å². The summed E-state index contributed by atoms with van der Waals surface area (Å²) in [5, 5.41) is 3.15. The van der Waals surface area contributed by atoms with Gasteiger partial charge in [-0.2, -0.15) is 0 Å². The van der Waals surface area contributed by atoms with Crippen LogP contribution in [0.2, 0.25) is 0 Å². The number of nitrogens with one attached hydrogen (secondary N) is 1. The fourth-order valence-electron chi connectivity index (χ4n) is 1.24. The molecule has 0 amide bonds. The summed E-state index contributed by atoms with van der Waals surface area (Å²) in [5.41, 5.74) is 2.04. The molecule has 1 N–H and O–H groups in total. The minimum atomic E-state index is 0.510. The third-order valence-electron chi connectivity index (χ3n) is 1.92. The third-order valence-corrected chi connectivity index (χ3v) is 2.23. The Bertz CT molecular complexity index is 431. The van der Waals surface area contributed by atoms with E-state index >= 15 is 0 Å². The van der Waals surface area contributed by atoms with Crippen molar-refractivity contribution in [2.75, 3.05) is 5.32 Å². The second-order valence-electron chi connectivity index (χ2n) is 3.05. The minimum Gasteiger partial charge on any atom is -0.339 e. The first-order chi connectivity index (χ1) is 7.38. The van der Waals surface area contributed by atoms with Gasteiger partial charge in [0, 0.05) is 24.0 Å². The molecule has 1 heterocycles. The summed E-state index contributed by atoms with van der Waals surface area (Å²) < 4.78 is 0. The molecule has 0 aliphatic rings. The van der Waals surface area contributed by atoms with E-state index in [0.29, 0.717) is 5.88 Å². The maximum Gasteiger partial charge on any atom is 0.148 e. The molecular formula is C11H10ClN3. The van der Waals surface area contributed by atoms with E-state index in [-0.39, 0.29) is 0 Å². The van der Waals surface area contributed by atoms with Gasteiger partial charge in [-0.05, 0) is 17.7 Å². The Hall–Kier alpha value is -1.61. The Morgan fingerprint density at radius 3 is 2.93 bits per heavy atom. The molecule has 0 fully saturated rings. The van der Waals surface area contributed by atoms with Crippen LogP contribution in [0.15, 0.2) is 42.9 Å². The first-order valence-electron chi connectivity index (χ1n) is 4.56. The van der Waals surface area contributed by atoms with Gasteiger partial charge >= 0.3 is 0 Å². The van der Waals surface area contributed by atoms with Crippen LogP contribution in [-0.2, 0) is 5.88 Å². The summed E-state index contributed by atoms with van der Waals surface area (Å²) in [6, 6.07) is 7.89. The molecule has 0 saturated heterocycles. The summed E-state index contributed by atoms with van der Waals surface area (Å²) in [5.74, 6) is 1.24. The lowest BCUT2D eigenvalue weighted by molar-refractivity contribution is 1.20. The van der Waals surface area contributed by atoms with Crippen molar-refractivity contribution in [2.45, 2.75) is 5.88 Å². The van der Waals surface area contributed by atoms with Gasteiger partial charge in [-0.3, -0.25) is 4.98 Å². The lowest BCUT2D eigenvalue weighted by Crippen LogP contribution is -1.94. The molecule has 0 aliphatic heterocycles. The highest BCUT2D eigenvalue weighted by atomic mass is 35.5. The predicted octanol–water partition coefficient (Wildman–Crippen LogP) is 2.96. The van der Waals surface area contributed by atoms with Gasteiger partial charge < -0.3 is 5.32 Å². The molecule has 1 aromatic heterocycles. The van der Waals surface area contributed by atoms with E-state index < -0.39 is 0 Å². The monoisotopic (exact) mass is 219 g/mol. The molecular weight excluding hydrogens is 210 g/mol. The van der Waals surface area contributed by atoms with Gasteiger partial charge in [0.2, 0.25) is 0 Å². The van der Waals surface area contributed by atoms with Crippen LogP contribution in [0, 0.1) is 0 Å². The Morgan fingerprint density at radius 2 is 2.20 bits per heavy atom. The van der Waals surface area contributed by atoms with Crippen molar-refractivity contribution in [1.82, 2.24) is 9.97 Å². The van der Waals surface area contributed by atoms with Gasteiger partial charge in [-0.25, -0.2) is 4.98 Å². The van der Waals surface area contributed by atoms with E-state index in [4.69, 9.17) is 11.6 Å². The van der Waals surface area contributed by atoms with Crippen molar-refractivity contribution in [2.24, 2.45) is 0 Å². The number of hydrogen-bond acceptors (Lipinski definition) is 3. The van der Waals surface area contributed by atoms with Crippen molar-refractivity contribution < 1.29 is 0 Å². The van der Waals surface area contributed by atoms with Crippen LogP contribution in [0.4, 0.5) is 11.5 Å². The third kappa shape index (κ3) is 2.67. The Kier molecular flexibility index (Phi) is 3.15. The SMILES string of the molecule is ClCc1cccc(Nc2cnccn2)c1. The first-order valence-corrected chi connectivity index (χ1v) is 5.10. The van der Waals surface area contributed by atoms with E-state index in [1.165, 1.54) is 0 Å². The lowest BCUT2D eigenvalue weighted by atomic mass is 10.2. The van der Waals surface area contributed by atoms with Crippen LogP contribution < -0.4 is 5.32 Å². The van der Waals surface area contributed by atoms with Crippen molar-refractivity contribution in [3.63, 3.8) is 0 Å². The van der Waals surface area contributed by atoms with Crippen LogP contribution >= 0.6 is 11.6 Å². The minimum absolute atomic E-state index is 0.510. The number of nitrogens with zero attached hydrogens (tertiary/aromatic N) is 2. The zero-order valence-corrected chi connectivity index (χ0v) is 8.78. The van der Waals surface area contributed by atoms with E-state index in [1.807, 2.05) is 24.3 Å². The number of rotatable bonds is 3. The summed E-state index contributed by atoms with van der Waals surface area (Å²) in [7, 11) is 0. The van der Waals surface area contributed by atoms with Crippen LogP contribution in [0.5, 0.6) is 0 Å². The van der Waals surface area contributed by atoms with Crippen LogP contribution in [-0.4, -0.2) is 9.97 Å². The van der Waals surface area contributed by atoms with Gasteiger partial charge in [0.1, 0.15) is 5.82 Å². The highest BCUT2D eigenvalue weighted by Gasteiger charge is 1.96. The molecule has 2 aromatic rings. The first kappa shape index (κ1) is 9.93. The maximum absolute atomic E-state index is 5.75. The Balaban J connectivity index is 2.17. The fraction of sp³-hybridized carbons (Fsp3) is 0.0909. The highest BCUT2D eigenvalue weighted by molar-refractivity contribution is 6.17. The van der Waals surface area contributed by atoms with Crippen LogP contribution in [0.3, 0.4) is 0 Å². The molecule has 0 radical (unpaired) electrons. The predicted molar refractivity (Wildman–Crippen MR) is 61.3 cm³/mol. The molecule has 3 nitrogen and oxygen atoms in total. The van der Waals surface area contributed by atoms with E-state index in [1.54, 1.807) is 18.6 Å². The number of anilines is 2. The summed E-state index contributed by atoms with van der Waals surface area (Å²) >= 11 is 5.75. The van der Waals surface area contributed by atoms with Crippen molar-refractivity contribution >= 4 is 23.1 Å². The molecule has 4 heteroatoms. The Morgan fingerprint density at radius 1 is 1.27 bits per heavy atom. The second-order valence-corrected chi connectivity index (χ2v) is 3.32. The highest BCUT2D eigenvalue weighted by Crippen LogP contribution is 2.15. The average Bonchev–Trinajstić information content (AvgIpc) is 2.31. The van der Waals surface area contributed by atoms with Crippen LogP contribution in [0.1, 0.15) is 5.56 Å². The van der Waals surface area contributed by atoms with E-state index in [0.717, 1.165) is 17.1 Å². The zero-order valence-electron chi connectivity index (χ0n) is 8.02. The fourth-order valence-corrected chi connectivity index (χ4v) is 1.41. The second kappa shape index (κ2) is 4.75. The molecule has 15 heavy (non-hydrogen) atoms. The molecule has 0 bridgehead atoms. The largest absolute Gasteiger partial charge is 0.339 e. The number of alkyl halides is 1. The number of halogens is 1. The molecule has 0 unspecified atom stereocenters. The standard InChI is InChI=1S/C11H10ClN3/c12-7-9-2-1-3-10(6-9)15-11-8-13-4-5-14-11/h1-6,8H,7H2,(H,14,15). The van der Waals surface area contributed by atoms with Gasteiger partial charge in [-0.1, -0.05) is 12.1 Å². The molecule has 1 aromatic carbocycles. The summed E-state index contributed by atoms with van der Waals surface area (Å²) in [6.07, 6.45) is 4.96. The smallest absolute Gasteiger partial charge is 0.148 e. The average molecular weight is 220 g/mol. The van der Waals surface area contributed by atoms with Crippen molar-refractivity contribution in [3.05, 3.63) is 48.4 Å². The topological polar surface area (TPSA) is 37.8 Å².